The number of nitrogens with two attached hydrogens (primary N) is 1. The predicted octanol–water partition coefficient (Wildman–Crippen LogP) is -0.293. The summed E-state index contributed by atoms with van der Waals surface area (Å²) in [5.74, 6) is -0.0695. The summed E-state index contributed by atoms with van der Waals surface area (Å²) in [4.78, 5) is 13.1. The number of piperidine rings is 1. The minimum Gasteiger partial charge on any atom is -0.388 e. The Bertz CT molecular complexity index is 202. The van der Waals surface area contributed by atoms with Gasteiger partial charge in [0, 0.05) is 13.1 Å². The zero-order valence-electron chi connectivity index (χ0n) is 8.29. The number of β-amino-alcohol motifs (C(OH)–C–C–N with tert-alkyl or cyclic N) is 1. The molecule has 0 aliphatic carbocycles. The third-order valence-electron chi connectivity index (χ3n) is 2.38. The Kier molecular flexibility index (Phi) is 2.93. The number of aliphatic hydroxyl groups is 1. The van der Waals surface area contributed by atoms with Gasteiger partial charge in [0.1, 0.15) is 0 Å². The Labute approximate surface area is 78.7 Å². The van der Waals surface area contributed by atoms with Crippen LogP contribution in [0.3, 0.4) is 0 Å². The average Bonchev–Trinajstić information content (AvgIpc) is 2.01. The zero-order chi connectivity index (χ0) is 10.1. The molecule has 4 heteroatoms. The van der Waals surface area contributed by atoms with Crippen molar-refractivity contribution >= 4 is 5.91 Å². The van der Waals surface area contributed by atoms with Gasteiger partial charge in [-0.05, 0) is 26.7 Å². The van der Waals surface area contributed by atoms with E-state index >= 15 is 0 Å². The molecule has 13 heavy (non-hydrogen) atoms. The quantitative estimate of drug-likeness (QED) is 0.591. The van der Waals surface area contributed by atoms with E-state index in [1.165, 1.54) is 0 Å². The molecule has 3 N–H and O–H groups in total. The molecule has 1 rings (SSSR count). The van der Waals surface area contributed by atoms with Gasteiger partial charge < -0.3 is 15.7 Å². The van der Waals surface area contributed by atoms with Crippen LogP contribution in [0.2, 0.25) is 0 Å². The Hall–Kier alpha value is -0.610. The first-order valence-electron chi connectivity index (χ1n) is 4.69. The van der Waals surface area contributed by atoms with E-state index in [1.54, 1.807) is 18.7 Å². The first kappa shape index (κ1) is 10.5. The second kappa shape index (κ2) is 3.64. The average molecular weight is 186 g/mol. The van der Waals surface area contributed by atoms with E-state index in [9.17, 15) is 9.90 Å². The van der Waals surface area contributed by atoms with Gasteiger partial charge in [0.15, 0.2) is 0 Å². The zero-order valence-corrected chi connectivity index (χ0v) is 8.29. The van der Waals surface area contributed by atoms with Crippen LogP contribution >= 0.6 is 0 Å². The maximum atomic E-state index is 11.5. The van der Waals surface area contributed by atoms with Gasteiger partial charge in [-0.1, -0.05) is 0 Å². The Balaban J connectivity index is 2.57. The fourth-order valence-electron chi connectivity index (χ4n) is 1.70. The maximum Gasteiger partial charge on any atom is 0.239 e. The molecule has 1 aliphatic rings. The highest BCUT2D eigenvalue weighted by Crippen LogP contribution is 2.20. The second-order valence-electron chi connectivity index (χ2n) is 4.15. The van der Waals surface area contributed by atoms with Crippen molar-refractivity contribution in [2.75, 3.05) is 13.1 Å². The lowest BCUT2D eigenvalue weighted by atomic mass is 9.95. The molecule has 0 bridgehead atoms. The number of likely N-dealkylation sites (tertiary alicyclic amines) is 1. The molecule has 0 aromatic carbocycles. The normalized spacial score (nSPS) is 31.5. The third-order valence-corrected chi connectivity index (χ3v) is 2.38. The van der Waals surface area contributed by atoms with Crippen molar-refractivity contribution < 1.29 is 9.90 Å². The number of nitrogens with zero attached hydrogens (tertiary/aromatic N) is 1. The smallest absolute Gasteiger partial charge is 0.239 e. The Morgan fingerprint density at radius 1 is 1.69 bits per heavy atom. The summed E-state index contributed by atoms with van der Waals surface area (Å²) >= 11 is 0. The molecule has 1 saturated heterocycles. The summed E-state index contributed by atoms with van der Waals surface area (Å²) in [6.07, 6.45) is 1.61. The van der Waals surface area contributed by atoms with Gasteiger partial charge in [0.05, 0.1) is 11.6 Å². The van der Waals surface area contributed by atoms with Crippen LogP contribution in [0.1, 0.15) is 26.7 Å². The van der Waals surface area contributed by atoms with Gasteiger partial charge >= 0.3 is 0 Å². The number of hydrogen-bond acceptors (Lipinski definition) is 3. The molecule has 2 atom stereocenters. The van der Waals surface area contributed by atoms with Gasteiger partial charge in [-0.15, -0.1) is 0 Å². The molecule has 76 valence electrons. The minimum atomic E-state index is -0.733. The lowest BCUT2D eigenvalue weighted by Crippen LogP contribution is -2.52. The van der Waals surface area contributed by atoms with E-state index in [2.05, 4.69) is 0 Å². The predicted molar refractivity (Wildman–Crippen MR) is 50.1 cm³/mol. The van der Waals surface area contributed by atoms with E-state index in [-0.39, 0.29) is 5.91 Å². The fraction of sp³-hybridized carbons (Fsp3) is 0.889. The highest BCUT2D eigenvalue weighted by Gasteiger charge is 2.31. The van der Waals surface area contributed by atoms with E-state index in [0.29, 0.717) is 6.54 Å². The Morgan fingerprint density at radius 2 is 2.31 bits per heavy atom. The van der Waals surface area contributed by atoms with Crippen LogP contribution in [0, 0.1) is 0 Å². The molecule has 4 nitrogen and oxygen atoms in total. The molecule has 1 amide bonds. The molecule has 1 aliphatic heterocycles. The SMILES string of the molecule is C[C@H](N)C(=O)N1CCCC(C)(O)C1. The first-order valence-corrected chi connectivity index (χ1v) is 4.69. The van der Waals surface area contributed by atoms with Gasteiger partial charge in [0.2, 0.25) is 5.91 Å². The Morgan fingerprint density at radius 3 is 2.77 bits per heavy atom. The highest BCUT2D eigenvalue weighted by atomic mass is 16.3. The summed E-state index contributed by atoms with van der Waals surface area (Å²) in [6.45, 7) is 4.56. The van der Waals surface area contributed by atoms with E-state index < -0.39 is 11.6 Å². The van der Waals surface area contributed by atoms with Crippen LogP contribution in [0.4, 0.5) is 0 Å². The number of amides is 1. The molecule has 1 fully saturated rings. The van der Waals surface area contributed by atoms with Crippen molar-refractivity contribution in [2.24, 2.45) is 5.73 Å². The summed E-state index contributed by atoms with van der Waals surface area (Å²) in [5, 5.41) is 9.74. The summed E-state index contributed by atoms with van der Waals surface area (Å²) < 4.78 is 0. The molecule has 1 unspecified atom stereocenters. The second-order valence-corrected chi connectivity index (χ2v) is 4.15. The van der Waals surface area contributed by atoms with Crippen LogP contribution < -0.4 is 5.73 Å². The molecule has 1 heterocycles. The van der Waals surface area contributed by atoms with Crippen molar-refractivity contribution in [1.29, 1.82) is 0 Å². The van der Waals surface area contributed by atoms with Crippen LogP contribution in [-0.2, 0) is 4.79 Å². The molecular weight excluding hydrogens is 168 g/mol. The van der Waals surface area contributed by atoms with Crippen molar-refractivity contribution in [3.05, 3.63) is 0 Å². The van der Waals surface area contributed by atoms with E-state index in [0.717, 1.165) is 19.4 Å². The van der Waals surface area contributed by atoms with Gasteiger partial charge in [-0.25, -0.2) is 0 Å². The largest absolute Gasteiger partial charge is 0.388 e. The van der Waals surface area contributed by atoms with E-state index in [1.807, 2.05) is 0 Å². The number of rotatable bonds is 1. The van der Waals surface area contributed by atoms with Crippen LogP contribution in [0.25, 0.3) is 0 Å². The lowest BCUT2D eigenvalue weighted by molar-refractivity contribution is -0.138. The van der Waals surface area contributed by atoms with Crippen LogP contribution in [0.15, 0.2) is 0 Å². The standard InChI is InChI=1S/C9H18N2O2/c1-7(10)8(12)11-5-3-4-9(2,13)6-11/h7,13H,3-6,10H2,1-2H3/t7-,9?/m0/s1. The molecular formula is C9H18N2O2. The third kappa shape index (κ3) is 2.67. The molecule has 0 saturated carbocycles. The summed E-state index contributed by atoms with van der Waals surface area (Å²) in [7, 11) is 0. The summed E-state index contributed by atoms with van der Waals surface area (Å²) in [5.41, 5.74) is 4.75. The maximum absolute atomic E-state index is 11.5. The van der Waals surface area contributed by atoms with Crippen molar-refractivity contribution in [1.82, 2.24) is 4.90 Å². The molecule has 0 radical (unpaired) electrons. The molecule has 0 aromatic rings. The molecule has 0 aromatic heterocycles. The minimum absolute atomic E-state index is 0.0695. The van der Waals surface area contributed by atoms with Crippen molar-refractivity contribution in [3.8, 4) is 0 Å². The summed E-state index contributed by atoms with van der Waals surface area (Å²) in [6, 6.07) is -0.464. The number of hydrogen-bond donors (Lipinski definition) is 2. The molecule has 0 spiro atoms. The van der Waals surface area contributed by atoms with E-state index in [4.69, 9.17) is 5.73 Å². The highest BCUT2D eigenvalue weighted by molar-refractivity contribution is 5.81. The number of carbonyl (C=O) groups excluding carboxylic acids is 1. The van der Waals surface area contributed by atoms with Crippen LogP contribution in [0.5, 0.6) is 0 Å². The lowest BCUT2D eigenvalue weighted by Gasteiger charge is -2.37. The van der Waals surface area contributed by atoms with Gasteiger partial charge in [0.25, 0.3) is 0 Å². The van der Waals surface area contributed by atoms with Crippen LogP contribution in [-0.4, -0.2) is 40.6 Å². The van der Waals surface area contributed by atoms with Crippen molar-refractivity contribution in [2.45, 2.75) is 38.3 Å². The monoisotopic (exact) mass is 186 g/mol. The topological polar surface area (TPSA) is 66.6 Å². The van der Waals surface area contributed by atoms with Gasteiger partial charge in [-0.3, -0.25) is 4.79 Å². The first-order chi connectivity index (χ1) is 5.92. The fourth-order valence-corrected chi connectivity index (χ4v) is 1.70. The van der Waals surface area contributed by atoms with Crippen molar-refractivity contribution in [3.63, 3.8) is 0 Å². The number of carbonyl (C=O) groups is 1. The van der Waals surface area contributed by atoms with Gasteiger partial charge in [-0.2, -0.15) is 0 Å².